The van der Waals surface area contributed by atoms with Gasteiger partial charge in [-0.2, -0.15) is 0 Å². The fraction of sp³-hybridized carbons (Fsp3) is 0. The summed E-state index contributed by atoms with van der Waals surface area (Å²) in [7, 11) is 0. The standard InChI is InChI=1S/C8H5NS/c10-8-5-9-7-4-2-1-3-6(7)8/h1-4,10H. The smallest absolute Gasteiger partial charge is 0.158 e. The van der Waals surface area contributed by atoms with Gasteiger partial charge in [0.2, 0.25) is 0 Å². The summed E-state index contributed by atoms with van der Waals surface area (Å²) in [5.74, 6) is 0. The molecule has 0 unspecified atom stereocenters. The van der Waals surface area contributed by atoms with Crippen LogP contribution in [0, 0.1) is 6.54 Å². The molecule has 10 heavy (non-hydrogen) atoms. The normalized spacial score (nSPS) is 14.7. The molecule has 0 aromatic heterocycles. The van der Waals surface area contributed by atoms with Crippen LogP contribution in [0.1, 0.15) is 0 Å². The van der Waals surface area contributed by atoms with Crippen LogP contribution >= 0.6 is 12.6 Å². The lowest BCUT2D eigenvalue weighted by Gasteiger charge is -1.82. The summed E-state index contributed by atoms with van der Waals surface area (Å²) < 4.78 is 0. The van der Waals surface area contributed by atoms with E-state index in [1.165, 1.54) is 0 Å². The predicted molar refractivity (Wildman–Crippen MR) is 42.9 cm³/mol. The van der Waals surface area contributed by atoms with Crippen LogP contribution < -0.4 is 10.6 Å². The number of benzene rings is 1. The van der Waals surface area contributed by atoms with Crippen molar-refractivity contribution >= 4 is 17.5 Å². The third-order valence-corrected chi connectivity index (χ3v) is 1.78. The highest BCUT2D eigenvalue weighted by Crippen LogP contribution is 2.05. The summed E-state index contributed by atoms with van der Waals surface area (Å²) in [6, 6.07) is 7.86. The van der Waals surface area contributed by atoms with Crippen molar-refractivity contribution in [3.63, 3.8) is 0 Å². The molecule has 2 radical (unpaired) electrons. The fourth-order valence-electron chi connectivity index (χ4n) is 0.945. The van der Waals surface area contributed by atoms with Crippen LogP contribution in [-0.2, 0) is 0 Å². The van der Waals surface area contributed by atoms with E-state index in [9.17, 15) is 0 Å². The molecule has 0 aliphatic carbocycles. The number of nitrogens with zero attached hydrogens (tertiary/aromatic N) is 1. The van der Waals surface area contributed by atoms with Gasteiger partial charge >= 0.3 is 0 Å². The monoisotopic (exact) mass is 147 g/mol. The average molecular weight is 147 g/mol. The minimum absolute atomic E-state index is 0.829. The third-order valence-electron chi connectivity index (χ3n) is 1.44. The van der Waals surface area contributed by atoms with Crippen LogP contribution in [0.5, 0.6) is 0 Å². The molecule has 48 valence electrons. The summed E-state index contributed by atoms with van der Waals surface area (Å²) in [6.07, 6.45) is 0. The van der Waals surface area contributed by atoms with Gasteiger partial charge in [0.1, 0.15) is 0 Å². The molecule has 0 atom stereocenters. The number of rotatable bonds is 0. The van der Waals surface area contributed by atoms with E-state index < -0.39 is 0 Å². The molecule has 1 aliphatic heterocycles. The second-order valence-electron chi connectivity index (χ2n) is 2.09. The zero-order valence-corrected chi connectivity index (χ0v) is 6.10. The summed E-state index contributed by atoms with van der Waals surface area (Å²) >= 11 is 4.18. The van der Waals surface area contributed by atoms with Crippen molar-refractivity contribution in [2.24, 2.45) is 4.99 Å². The summed E-state index contributed by atoms with van der Waals surface area (Å²) in [6.45, 7) is 2.79. The molecule has 1 aromatic rings. The Labute approximate surface area is 64.5 Å². The molecular weight excluding hydrogens is 142 g/mol. The van der Waals surface area contributed by atoms with Crippen molar-refractivity contribution in [1.29, 1.82) is 0 Å². The van der Waals surface area contributed by atoms with Crippen molar-refractivity contribution in [3.05, 3.63) is 41.4 Å². The Kier molecular flexibility index (Phi) is 1.27. The summed E-state index contributed by atoms with van der Waals surface area (Å²) in [5, 5.41) is 2.04. The van der Waals surface area contributed by atoms with E-state index in [1.807, 2.05) is 24.3 Å². The molecule has 1 aliphatic rings. The van der Waals surface area contributed by atoms with Gasteiger partial charge in [0.05, 0.1) is 5.36 Å². The predicted octanol–water partition coefficient (Wildman–Crippen LogP) is 0.397. The first kappa shape index (κ1) is 5.98. The zero-order chi connectivity index (χ0) is 6.97. The molecule has 1 heterocycles. The van der Waals surface area contributed by atoms with Gasteiger partial charge in [-0.3, -0.25) is 4.99 Å². The van der Waals surface area contributed by atoms with Gasteiger partial charge in [-0.05, 0) is 6.07 Å². The van der Waals surface area contributed by atoms with Crippen molar-refractivity contribution in [3.8, 4) is 0 Å². The SMILES string of the molecule is SC1=c2ccccc2=N[C]1. The lowest BCUT2D eigenvalue weighted by Crippen LogP contribution is -2.20. The summed E-state index contributed by atoms with van der Waals surface area (Å²) in [4.78, 5) is 4.85. The van der Waals surface area contributed by atoms with Crippen LogP contribution in [0.15, 0.2) is 29.3 Å². The maximum Gasteiger partial charge on any atom is 0.158 e. The molecule has 0 saturated heterocycles. The van der Waals surface area contributed by atoms with Gasteiger partial charge in [0, 0.05) is 10.1 Å². The van der Waals surface area contributed by atoms with Gasteiger partial charge in [-0.15, -0.1) is 12.6 Å². The van der Waals surface area contributed by atoms with Gasteiger partial charge in [-0.25, -0.2) is 0 Å². The fourth-order valence-corrected chi connectivity index (χ4v) is 1.18. The largest absolute Gasteiger partial charge is 0.267 e. The van der Waals surface area contributed by atoms with Gasteiger partial charge in [0.25, 0.3) is 0 Å². The highest BCUT2D eigenvalue weighted by atomic mass is 32.1. The minimum atomic E-state index is 0.829. The number of para-hydroxylation sites is 1. The van der Waals surface area contributed by atoms with E-state index in [0.29, 0.717) is 0 Å². The van der Waals surface area contributed by atoms with E-state index in [-0.39, 0.29) is 0 Å². The van der Waals surface area contributed by atoms with Crippen LogP contribution in [-0.4, -0.2) is 0 Å². The van der Waals surface area contributed by atoms with Gasteiger partial charge in [-0.1, -0.05) is 18.2 Å². The van der Waals surface area contributed by atoms with E-state index >= 15 is 0 Å². The molecule has 2 rings (SSSR count). The van der Waals surface area contributed by atoms with Crippen LogP contribution in [0.2, 0.25) is 0 Å². The average Bonchev–Trinajstić information content (AvgIpc) is 2.34. The van der Waals surface area contributed by atoms with E-state index in [0.717, 1.165) is 15.5 Å². The second kappa shape index (κ2) is 2.13. The molecule has 0 fully saturated rings. The number of fused-ring (bicyclic) bond motifs is 1. The molecule has 1 nitrogen and oxygen atoms in total. The van der Waals surface area contributed by atoms with Crippen molar-refractivity contribution in [2.75, 3.05) is 0 Å². The Hall–Kier alpha value is -0.760. The van der Waals surface area contributed by atoms with E-state index in [2.05, 4.69) is 24.2 Å². The minimum Gasteiger partial charge on any atom is -0.267 e. The molecular formula is C8H5NS. The maximum absolute atomic E-state index is 4.18. The number of hydrogen-bond acceptors (Lipinski definition) is 2. The lowest BCUT2D eigenvalue weighted by atomic mass is 10.3. The molecule has 0 N–H and O–H groups in total. The lowest BCUT2D eigenvalue weighted by molar-refractivity contribution is 1.32. The molecule has 2 heteroatoms. The third kappa shape index (κ3) is 0.762. The topological polar surface area (TPSA) is 12.4 Å². The van der Waals surface area contributed by atoms with Crippen LogP contribution in [0.25, 0.3) is 4.91 Å². The molecule has 0 spiro atoms. The summed E-state index contributed by atoms with van der Waals surface area (Å²) in [5.41, 5.74) is 0. The van der Waals surface area contributed by atoms with Crippen molar-refractivity contribution in [1.82, 2.24) is 0 Å². The Morgan fingerprint density at radius 3 is 2.90 bits per heavy atom. The number of hydrogen-bond donors (Lipinski definition) is 1. The Morgan fingerprint density at radius 1 is 1.30 bits per heavy atom. The first-order chi connectivity index (χ1) is 4.88. The second-order valence-corrected chi connectivity index (χ2v) is 2.54. The Morgan fingerprint density at radius 2 is 2.10 bits per heavy atom. The van der Waals surface area contributed by atoms with Crippen molar-refractivity contribution < 1.29 is 0 Å². The first-order valence-electron chi connectivity index (χ1n) is 3.00. The number of thiol groups is 1. The molecule has 0 saturated carbocycles. The van der Waals surface area contributed by atoms with Gasteiger partial charge in [0.15, 0.2) is 6.54 Å². The molecule has 1 aromatic carbocycles. The zero-order valence-electron chi connectivity index (χ0n) is 5.20. The highest BCUT2D eigenvalue weighted by molar-refractivity contribution is 7.90. The Bertz CT molecular complexity index is 367. The van der Waals surface area contributed by atoms with Crippen LogP contribution in [0.3, 0.4) is 0 Å². The molecule has 0 amide bonds. The molecule has 0 bridgehead atoms. The quantitative estimate of drug-likeness (QED) is 0.510. The van der Waals surface area contributed by atoms with Crippen LogP contribution in [0.4, 0.5) is 0 Å². The highest BCUT2D eigenvalue weighted by Gasteiger charge is 2.00. The van der Waals surface area contributed by atoms with E-state index in [1.54, 1.807) is 0 Å². The van der Waals surface area contributed by atoms with Crippen molar-refractivity contribution in [2.45, 2.75) is 0 Å². The Balaban J connectivity index is 2.96. The first-order valence-corrected chi connectivity index (χ1v) is 3.45. The van der Waals surface area contributed by atoms with E-state index in [4.69, 9.17) is 0 Å². The maximum atomic E-state index is 4.18. The van der Waals surface area contributed by atoms with Gasteiger partial charge < -0.3 is 0 Å².